The van der Waals surface area contributed by atoms with Gasteiger partial charge in [-0.05, 0) is 42.8 Å². The van der Waals surface area contributed by atoms with Crippen molar-refractivity contribution in [3.63, 3.8) is 0 Å². The molecule has 1 aromatic heterocycles. The second kappa shape index (κ2) is 7.19. The number of halogens is 1. The maximum absolute atomic E-state index is 11.0. The molecule has 3 aromatic rings. The molecule has 0 saturated carbocycles. The highest BCUT2D eigenvalue weighted by atomic mass is 35.5. The van der Waals surface area contributed by atoms with Crippen molar-refractivity contribution in [2.75, 3.05) is 10.6 Å². The highest BCUT2D eigenvalue weighted by Gasteiger charge is 2.05. The van der Waals surface area contributed by atoms with Crippen molar-refractivity contribution in [1.29, 1.82) is 0 Å². The molecule has 0 bridgehead atoms. The largest absolute Gasteiger partial charge is 0.478 e. The number of carboxylic acid groups (broad SMARTS) is 1. The zero-order valence-corrected chi connectivity index (χ0v) is 14.1. The molecule has 0 aliphatic rings. The molecule has 0 aliphatic heterocycles. The van der Waals surface area contributed by atoms with Crippen LogP contribution < -0.4 is 10.6 Å². The highest BCUT2D eigenvalue weighted by molar-refractivity contribution is 6.31. The number of benzene rings is 2. The third-order valence-electron chi connectivity index (χ3n) is 3.49. The van der Waals surface area contributed by atoms with Gasteiger partial charge >= 0.3 is 5.97 Å². The molecule has 25 heavy (non-hydrogen) atoms. The first-order valence-corrected chi connectivity index (χ1v) is 7.85. The first kappa shape index (κ1) is 16.7. The summed E-state index contributed by atoms with van der Waals surface area (Å²) < 4.78 is 0. The molecule has 0 fully saturated rings. The Balaban J connectivity index is 1.78. The number of carboxylic acids is 1. The van der Waals surface area contributed by atoms with Crippen LogP contribution in [-0.4, -0.2) is 21.0 Å². The van der Waals surface area contributed by atoms with Crippen LogP contribution in [0.4, 0.5) is 23.0 Å². The summed E-state index contributed by atoms with van der Waals surface area (Å²) in [6, 6.07) is 13.9. The summed E-state index contributed by atoms with van der Waals surface area (Å²) in [4.78, 5) is 19.4. The fourth-order valence-corrected chi connectivity index (χ4v) is 2.37. The first-order chi connectivity index (χ1) is 12.0. The number of rotatable bonds is 5. The van der Waals surface area contributed by atoms with E-state index in [0.29, 0.717) is 22.3 Å². The van der Waals surface area contributed by atoms with Gasteiger partial charge in [0.1, 0.15) is 18.0 Å². The van der Waals surface area contributed by atoms with E-state index in [1.54, 1.807) is 18.2 Å². The fourth-order valence-electron chi connectivity index (χ4n) is 2.19. The van der Waals surface area contributed by atoms with Crippen molar-refractivity contribution in [1.82, 2.24) is 9.97 Å². The maximum atomic E-state index is 11.0. The second-order valence-corrected chi connectivity index (χ2v) is 5.80. The molecule has 3 N–H and O–H groups in total. The molecule has 2 aromatic carbocycles. The minimum Gasteiger partial charge on any atom is -0.478 e. The van der Waals surface area contributed by atoms with Gasteiger partial charge in [-0.3, -0.25) is 0 Å². The van der Waals surface area contributed by atoms with Crippen LogP contribution in [0.3, 0.4) is 0 Å². The topological polar surface area (TPSA) is 87.1 Å². The van der Waals surface area contributed by atoms with Crippen molar-refractivity contribution in [2.45, 2.75) is 6.92 Å². The Morgan fingerprint density at radius 3 is 2.32 bits per heavy atom. The molecule has 126 valence electrons. The Morgan fingerprint density at radius 1 is 1.00 bits per heavy atom. The Bertz CT molecular complexity index is 930. The molecular formula is C18H15ClN4O2. The molecule has 0 spiro atoms. The average Bonchev–Trinajstić information content (AvgIpc) is 2.59. The molecule has 1 heterocycles. The maximum Gasteiger partial charge on any atom is 0.335 e. The number of aromatic carboxylic acids is 1. The number of aromatic nitrogens is 2. The Morgan fingerprint density at radius 2 is 1.68 bits per heavy atom. The van der Waals surface area contributed by atoms with E-state index < -0.39 is 5.97 Å². The van der Waals surface area contributed by atoms with Crippen LogP contribution in [0, 0.1) is 6.92 Å². The normalized spacial score (nSPS) is 10.3. The zero-order chi connectivity index (χ0) is 17.8. The highest BCUT2D eigenvalue weighted by Crippen LogP contribution is 2.24. The van der Waals surface area contributed by atoms with E-state index in [9.17, 15) is 4.79 Å². The van der Waals surface area contributed by atoms with E-state index in [1.807, 2.05) is 25.1 Å². The lowest BCUT2D eigenvalue weighted by Crippen LogP contribution is -2.00. The molecule has 0 unspecified atom stereocenters. The first-order valence-electron chi connectivity index (χ1n) is 7.47. The van der Waals surface area contributed by atoms with Gasteiger partial charge in [0.25, 0.3) is 0 Å². The standard InChI is InChI=1S/C18H15ClN4O2/c1-11-5-6-14(8-15(11)19)23-17-9-16(20-10-21-17)22-13-4-2-3-12(7-13)18(24)25/h2-10H,1H3,(H,24,25)(H2,20,21,22,23). The van der Waals surface area contributed by atoms with Gasteiger partial charge in [-0.2, -0.15) is 0 Å². The van der Waals surface area contributed by atoms with Crippen LogP contribution in [0.25, 0.3) is 0 Å². The number of hydrogen-bond acceptors (Lipinski definition) is 5. The monoisotopic (exact) mass is 354 g/mol. The predicted molar refractivity (Wildman–Crippen MR) is 98.2 cm³/mol. The molecule has 0 amide bonds. The van der Waals surface area contributed by atoms with Crippen molar-refractivity contribution in [2.24, 2.45) is 0 Å². The van der Waals surface area contributed by atoms with Crippen molar-refractivity contribution < 1.29 is 9.90 Å². The number of nitrogens with one attached hydrogen (secondary N) is 2. The minimum atomic E-state index is -0.982. The van der Waals surface area contributed by atoms with Crippen LogP contribution in [0.1, 0.15) is 15.9 Å². The van der Waals surface area contributed by atoms with E-state index in [1.165, 1.54) is 18.5 Å². The molecule has 0 saturated heterocycles. The van der Waals surface area contributed by atoms with Crippen LogP contribution in [0.5, 0.6) is 0 Å². The molecule has 0 aliphatic carbocycles. The number of aryl methyl sites for hydroxylation is 1. The van der Waals surface area contributed by atoms with E-state index in [0.717, 1.165) is 11.3 Å². The molecule has 6 nitrogen and oxygen atoms in total. The van der Waals surface area contributed by atoms with Crippen molar-refractivity contribution in [3.05, 3.63) is 71.0 Å². The van der Waals surface area contributed by atoms with E-state index >= 15 is 0 Å². The summed E-state index contributed by atoms with van der Waals surface area (Å²) in [6.45, 7) is 1.93. The van der Waals surface area contributed by atoms with E-state index in [2.05, 4.69) is 20.6 Å². The zero-order valence-electron chi connectivity index (χ0n) is 13.3. The molecule has 0 radical (unpaired) electrons. The molecular weight excluding hydrogens is 340 g/mol. The van der Waals surface area contributed by atoms with Gasteiger partial charge in [0.15, 0.2) is 0 Å². The van der Waals surface area contributed by atoms with Gasteiger partial charge in [0.05, 0.1) is 5.56 Å². The fraction of sp³-hybridized carbons (Fsp3) is 0.0556. The smallest absolute Gasteiger partial charge is 0.335 e. The van der Waals surface area contributed by atoms with Gasteiger partial charge in [-0.1, -0.05) is 23.7 Å². The summed E-state index contributed by atoms with van der Waals surface area (Å²) in [7, 11) is 0. The lowest BCUT2D eigenvalue weighted by molar-refractivity contribution is 0.0697. The van der Waals surface area contributed by atoms with Gasteiger partial charge in [-0.25, -0.2) is 14.8 Å². The van der Waals surface area contributed by atoms with Gasteiger partial charge in [-0.15, -0.1) is 0 Å². The number of carbonyl (C=O) groups is 1. The number of anilines is 4. The summed E-state index contributed by atoms with van der Waals surface area (Å²) >= 11 is 6.13. The van der Waals surface area contributed by atoms with Crippen LogP contribution in [0.15, 0.2) is 54.9 Å². The minimum absolute atomic E-state index is 0.201. The third-order valence-corrected chi connectivity index (χ3v) is 3.90. The lowest BCUT2D eigenvalue weighted by Gasteiger charge is -2.10. The van der Waals surface area contributed by atoms with Gasteiger partial charge in [0.2, 0.25) is 0 Å². The number of hydrogen-bond donors (Lipinski definition) is 3. The molecule has 0 atom stereocenters. The summed E-state index contributed by atoms with van der Waals surface area (Å²) in [6.07, 6.45) is 1.42. The molecule has 3 rings (SSSR count). The van der Waals surface area contributed by atoms with Crippen LogP contribution >= 0.6 is 11.6 Å². The van der Waals surface area contributed by atoms with E-state index in [-0.39, 0.29) is 5.56 Å². The number of nitrogens with zero attached hydrogens (tertiary/aromatic N) is 2. The van der Waals surface area contributed by atoms with E-state index in [4.69, 9.17) is 16.7 Å². The van der Waals surface area contributed by atoms with Crippen molar-refractivity contribution >= 4 is 40.6 Å². The Labute approximate surface area is 149 Å². The average molecular weight is 355 g/mol. The molecule has 7 heteroatoms. The second-order valence-electron chi connectivity index (χ2n) is 5.39. The third kappa shape index (κ3) is 4.24. The SMILES string of the molecule is Cc1ccc(Nc2cc(Nc3cccc(C(=O)O)c3)ncn2)cc1Cl. The van der Waals surface area contributed by atoms with Gasteiger partial charge in [0, 0.05) is 22.5 Å². The predicted octanol–water partition coefficient (Wildman–Crippen LogP) is 4.62. The van der Waals surface area contributed by atoms with Gasteiger partial charge < -0.3 is 15.7 Å². The Hall–Kier alpha value is -3.12. The van der Waals surface area contributed by atoms with Crippen LogP contribution in [-0.2, 0) is 0 Å². The van der Waals surface area contributed by atoms with Crippen LogP contribution in [0.2, 0.25) is 5.02 Å². The lowest BCUT2D eigenvalue weighted by atomic mass is 10.2. The summed E-state index contributed by atoms with van der Waals surface area (Å²) in [5.41, 5.74) is 2.64. The summed E-state index contributed by atoms with van der Waals surface area (Å²) in [5, 5.41) is 15.9. The summed E-state index contributed by atoms with van der Waals surface area (Å²) in [5.74, 6) is 0.148. The van der Waals surface area contributed by atoms with Crippen molar-refractivity contribution in [3.8, 4) is 0 Å². The Kier molecular flexibility index (Phi) is 4.81. The quantitative estimate of drug-likeness (QED) is 0.619.